The number of benzene rings is 3. The van der Waals surface area contributed by atoms with Gasteiger partial charge in [-0.2, -0.15) is 0 Å². The zero-order valence-electron chi connectivity index (χ0n) is 21.2. The summed E-state index contributed by atoms with van der Waals surface area (Å²) in [5.41, 5.74) is 1.11. The molecule has 7 nitrogen and oxygen atoms in total. The molecule has 0 spiro atoms. The molecular formula is C30H31BrN2O5. The maximum absolute atomic E-state index is 14.0. The molecule has 2 N–H and O–H groups in total. The predicted octanol–water partition coefficient (Wildman–Crippen LogP) is 5.37. The van der Waals surface area contributed by atoms with Gasteiger partial charge in [0.1, 0.15) is 11.5 Å². The number of hydrogen-bond acceptors (Lipinski definition) is 6. The summed E-state index contributed by atoms with van der Waals surface area (Å²) >= 11 is 3.63. The van der Waals surface area contributed by atoms with E-state index < -0.39 is 11.6 Å². The van der Waals surface area contributed by atoms with Crippen LogP contribution in [-0.2, 0) is 16.1 Å². The number of nitrogens with one attached hydrogen (secondary N) is 1. The summed E-state index contributed by atoms with van der Waals surface area (Å²) in [6.07, 6.45) is 1.83. The molecule has 0 unspecified atom stereocenters. The number of aliphatic hydroxyl groups is 1. The normalized spacial score (nSPS) is 18.3. The van der Waals surface area contributed by atoms with Gasteiger partial charge in [-0.1, -0.05) is 58.4 Å². The topological polar surface area (TPSA) is 89.4 Å². The van der Waals surface area contributed by atoms with Crippen molar-refractivity contribution in [3.8, 4) is 11.5 Å². The van der Waals surface area contributed by atoms with Crippen LogP contribution in [0.2, 0.25) is 0 Å². The molecule has 2 atom stereocenters. The number of halogens is 1. The average Bonchev–Trinajstić information content (AvgIpc) is 3.33. The summed E-state index contributed by atoms with van der Waals surface area (Å²) in [6, 6.07) is 22.6. The molecule has 0 aliphatic carbocycles. The molecule has 4 rings (SSSR count). The molecule has 1 aliphatic rings. The van der Waals surface area contributed by atoms with Gasteiger partial charge in [-0.05, 0) is 36.4 Å². The first-order chi connectivity index (χ1) is 18.5. The zero-order chi connectivity index (χ0) is 27.0. The van der Waals surface area contributed by atoms with Crippen molar-refractivity contribution in [2.45, 2.75) is 31.0 Å². The smallest absolute Gasteiger partial charge is 0.252 e. The van der Waals surface area contributed by atoms with Crippen LogP contribution in [-0.4, -0.2) is 42.8 Å². The van der Waals surface area contributed by atoms with E-state index in [9.17, 15) is 4.79 Å². The fourth-order valence-electron chi connectivity index (χ4n) is 4.38. The van der Waals surface area contributed by atoms with Crippen LogP contribution in [0.5, 0.6) is 11.5 Å². The van der Waals surface area contributed by atoms with Crippen LogP contribution in [0.1, 0.15) is 35.6 Å². The standard InChI is InChI=1S/C30H31BrN2O5/c1-3-17-30(29(35)32-20-22-9-4-7-12-26(22)36-2)27(24-10-5-6-11-25(24)31)38-28(33-30)21-13-15-23(16-14-21)37-19-8-18-34/h3-7,9-16,27,34H,1,8,17-20H2,2H3,(H,32,35)/t27-,30-/m1/s1. The molecule has 0 saturated carbocycles. The molecule has 0 saturated heterocycles. The molecule has 1 aliphatic heterocycles. The number of methoxy groups -OCH3 is 1. The van der Waals surface area contributed by atoms with E-state index >= 15 is 0 Å². The second-order valence-corrected chi connectivity index (χ2v) is 9.65. The minimum atomic E-state index is -1.28. The second kappa shape index (κ2) is 12.8. The number of hydrogen-bond donors (Lipinski definition) is 2. The van der Waals surface area contributed by atoms with E-state index in [4.69, 9.17) is 24.3 Å². The monoisotopic (exact) mass is 578 g/mol. The van der Waals surface area contributed by atoms with Crippen LogP contribution in [0.15, 0.2) is 94.9 Å². The Labute approximate surface area is 231 Å². The molecule has 0 aromatic heterocycles. The van der Waals surface area contributed by atoms with Crippen molar-refractivity contribution in [2.24, 2.45) is 4.99 Å². The molecular weight excluding hydrogens is 548 g/mol. The highest BCUT2D eigenvalue weighted by atomic mass is 79.9. The number of para-hydroxylation sites is 1. The van der Waals surface area contributed by atoms with E-state index in [1.165, 1.54) is 0 Å². The van der Waals surface area contributed by atoms with Crippen molar-refractivity contribution >= 4 is 27.7 Å². The van der Waals surface area contributed by atoms with Crippen LogP contribution in [0.4, 0.5) is 0 Å². The van der Waals surface area contributed by atoms with Crippen LogP contribution in [0.25, 0.3) is 0 Å². The van der Waals surface area contributed by atoms with E-state index in [1.54, 1.807) is 13.2 Å². The number of aliphatic hydroxyl groups excluding tert-OH is 1. The molecule has 198 valence electrons. The van der Waals surface area contributed by atoms with Gasteiger partial charge >= 0.3 is 0 Å². The van der Waals surface area contributed by atoms with Crippen molar-refractivity contribution < 1.29 is 24.1 Å². The average molecular weight is 579 g/mol. The molecule has 3 aromatic carbocycles. The molecule has 8 heteroatoms. The third-order valence-electron chi connectivity index (χ3n) is 6.31. The maximum Gasteiger partial charge on any atom is 0.252 e. The number of amides is 1. The number of aliphatic imine (C=N–C) groups is 1. The molecule has 0 radical (unpaired) electrons. The van der Waals surface area contributed by atoms with Gasteiger partial charge < -0.3 is 24.6 Å². The van der Waals surface area contributed by atoms with Gasteiger partial charge in [-0.3, -0.25) is 4.79 Å². The van der Waals surface area contributed by atoms with Crippen molar-refractivity contribution in [2.75, 3.05) is 20.3 Å². The van der Waals surface area contributed by atoms with Crippen molar-refractivity contribution in [3.05, 3.63) is 107 Å². The number of carbonyl (C=O) groups is 1. The third-order valence-corrected chi connectivity index (χ3v) is 7.03. The summed E-state index contributed by atoms with van der Waals surface area (Å²) in [5, 5.41) is 12.0. The Morgan fingerprint density at radius 1 is 1.16 bits per heavy atom. The highest BCUT2D eigenvalue weighted by Crippen LogP contribution is 2.44. The molecule has 1 heterocycles. The number of nitrogens with zero attached hydrogens (tertiary/aromatic N) is 1. The lowest BCUT2D eigenvalue weighted by atomic mass is 9.84. The van der Waals surface area contributed by atoms with E-state index in [0.29, 0.717) is 30.4 Å². The maximum atomic E-state index is 14.0. The number of ether oxygens (including phenoxy) is 3. The Morgan fingerprint density at radius 3 is 2.61 bits per heavy atom. The molecule has 38 heavy (non-hydrogen) atoms. The summed E-state index contributed by atoms with van der Waals surface area (Å²) in [5.74, 6) is 1.46. The first-order valence-corrected chi connectivity index (χ1v) is 13.2. The van der Waals surface area contributed by atoms with Crippen molar-refractivity contribution in [1.29, 1.82) is 0 Å². The van der Waals surface area contributed by atoms with Gasteiger partial charge in [-0.25, -0.2) is 4.99 Å². The molecule has 0 bridgehead atoms. The fraction of sp³-hybridized carbons (Fsp3) is 0.267. The largest absolute Gasteiger partial charge is 0.496 e. The highest BCUT2D eigenvalue weighted by Gasteiger charge is 2.52. The lowest BCUT2D eigenvalue weighted by Gasteiger charge is -2.30. The summed E-state index contributed by atoms with van der Waals surface area (Å²) < 4.78 is 18.4. The van der Waals surface area contributed by atoms with Gasteiger partial charge in [0.15, 0.2) is 11.6 Å². The lowest BCUT2D eigenvalue weighted by Crippen LogP contribution is -2.47. The van der Waals surface area contributed by atoms with E-state index in [-0.39, 0.29) is 25.5 Å². The first-order valence-electron chi connectivity index (χ1n) is 12.4. The summed E-state index contributed by atoms with van der Waals surface area (Å²) in [6.45, 7) is 4.69. The number of carbonyl (C=O) groups excluding carboxylic acids is 1. The van der Waals surface area contributed by atoms with Crippen LogP contribution in [0.3, 0.4) is 0 Å². The molecule has 3 aromatic rings. The molecule has 0 fully saturated rings. The van der Waals surface area contributed by atoms with Gasteiger partial charge in [0.05, 0.1) is 13.7 Å². The van der Waals surface area contributed by atoms with Gasteiger partial charge in [0.2, 0.25) is 5.90 Å². The van der Waals surface area contributed by atoms with Gasteiger partial charge in [0.25, 0.3) is 5.91 Å². The highest BCUT2D eigenvalue weighted by molar-refractivity contribution is 9.10. The Kier molecular flexibility index (Phi) is 9.20. The minimum Gasteiger partial charge on any atom is -0.496 e. The Balaban J connectivity index is 1.68. The second-order valence-electron chi connectivity index (χ2n) is 8.80. The predicted molar refractivity (Wildman–Crippen MR) is 151 cm³/mol. The summed E-state index contributed by atoms with van der Waals surface area (Å²) in [4.78, 5) is 18.9. The Morgan fingerprint density at radius 2 is 1.89 bits per heavy atom. The fourth-order valence-corrected chi connectivity index (χ4v) is 4.87. The van der Waals surface area contributed by atoms with E-state index in [2.05, 4.69) is 27.8 Å². The van der Waals surface area contributed by atoms with Crippen LogP contribution in [0, 0.1) is 0 Å². The van der Waals surface area contributed by atoms with Crippen molar-refractivity contribution in [1.82, 2.24) is 5.32 Å². The number of rotatable bonds is 12. The molecule has 1 amide bonds. The Bertz CT molecular complexity index is 1290. The van der Waals surface area contributed by atoms with Crippen LogP contribution < -0.4 is 14.8 Å². The van der Waals surface area contributed by atoms with Gasteiger partial charge in [0, 0.05) is 47.2 Å². The third kappa shape index (κ3) is 5.92. The zero-order valence-corrected chi connectivity index (χ0v) is 22.8. The van der Waals surface area contributed by atoms with Gasteiger partial charge in [-0.15, -0.1) is 6.58 Å². The Hall–Kier alpha value is -3.62. The van der Waals surface area contributed by atoms with E-state index in [1.807, 2.05) is 72.8 Å². The first kappa shape index (κ1) is 27.4. The van der Waals surface area contributed by atoms with Crippen LogP contribution >= 0.6 is 15.9 Å². The van der Waals surface area contributed by atoms with E-state index in [0.717, 1.165) is 21.2 Å². The SMILES string of the molecule is C=CC[C@@]1(C(=O)NCc2ccccc2OC)N=C(c2ccc(OCCCO)cc2)O[C@@H]1c1ccccc1Br. The lowest BCUT2D eigenvalue weighted by molar-refractivity contribution is -0.129. The van der Waals surface area contributed by atoms with Crippen molar-refractivity contribution in [3.63, 3.8) is 0 Å². The minimum absolute atomic E-state index is 0.0731. The quantitative estimate of drug-likeness (QED) is 0.223. The summed E-state index contributed by atoms with van der Waals surface area (Å²) in [7, 11) is 1.60.